The highest BCUT2D eigenvalue weighted by atomic mass is 32.2. The number of hydrogen-bond acceptors (Lipinski definition) is 4. The van der Waals surface area contributed by atoms with Crippen molar-refractivity contribution in [2.45, 2.75) is 42.2 Å². The van der Waals surface area contributed by atoms with E-state index in [-0.39, 0.29) is 4.90 Å². The SMILES string of the molecule is COc1ccc(S(=O)(=O)C2CCCCCC2C#N)cc1. The molecule has 1 aliphatic carbocycles. The molecule has 108 valence electrons. The van der Waals surface area contributed by atoms with Crippen LogP contribution in [0.4, 0.5) is 0 Å². The zero-order chi connectivity index (χ0) is 14.6. The van der Waals surface area contributed by atoms with Gasteiger partial charge in [-0.3, -0.25) is 0 Å². The molecule has 0 N–H and O–H groups in total. The molecule has 1 aromatic carbocycles. The van der Waals surface area contributed by atoms with E-state index in [4.69, 9.17) is 4.74 Å². The molecular formula is C15H19NO3S. The molecule has 0 heterocycles. The van der Waals surface area contributed by atoms with Gasteiger partial charge >= 0.3 is 0 Å². The number of rotatable bonds is 3. The molecule has 0 aliphatic heterocycles. The number of nitrogens with zero attached hydrogens (tertiary/aromatic N) is 1. The Morgan fingerprint density at radius 3 is 2.40 bits per heavy atom. The number of nitriles is 1. The Labute approximate surface area is 120 Å². The summed E-state index contributed by atoms with van der Waals surface area (Å²) in [7, 11) is -1.91. The molecule has 2 rings (SSSR count). The van der Waals surface area contributed by atoms with Gasteiger partial charge in [-0.25, -0.2) is 8.42 Å². The second kappa shape index (κ2) is 6.27. The average molecular weight is 293 g/mol. The Bertz CT molecular complexity index is 587. The second-order valence-corrected chi connectivity index (χ2v) is 7.30. The summed E-state index contributed by atoms with van der Waals surface area (Å²) in [5, 5.41) is 8.66. The fraction of sp³-hybridized carbons (Fsp3) is 0.533. The summed E-state index contributed by atoms with van der Waals surface area (Å²) in [4.78, 5) is 0.283. The summed E-state index contributed by atoms with van der Waals surface area (Å²) in [5.74, 6) is 0.228. The van der Waals surface area contributed by atoms with Crippen molar-refractivity contribution < 1.29 is 13.2 Å². The molecule has 1 aromatic rings. The van der Waals surface area contributed by atoms with Gasteiger partial charge in [0.25, 0.3) is 0 Å². The van der Waals surface area contributed by atoms with E-state index in [2.05, 4.69) is 6.07 Å². The molecule has 0 aromatic heterocycles. The van der Waals surface area contributed by atoms with E-state index in [9.17, 15) is 13.7 Å². The van der Waals surface area contributed by atoms with Gasteiger partial charge in [0.2, 0.25) is 0 Å². The molecule has 0 spiro atoms. The van der Waals surface area contributed by atoms with Crippen LogP contribution in [0.5, 0.6) is 5.75 Å². The van der Waals surface area contributed by atoms with Crippen LogP contribution in [0, 0.1) is 17.2 Å². The Hall–Kier alpha value is -1.54. The highest BCUT2D eigenvalue weighted by Gasteiger charge is 2.35. The van der Waals surface area contributed by atoms with Crippen molar-refractivity contribution in [3.63, 3.8) is 0 Å². The monoisotopic (exact) mass is 293 g/mol. The maximum atomic E-state index is 12.7. The van der Waals surface area contributed by atoms with Gasteiger partial charge in [-0.2, -0.15) is 5.26 Å². The minimum atomic E-state index is -3.45. The van der Waals surface area contributed by atoms with Gasteiger partial charge in [0, 0.05) is 0 Å². The third-order valence-electron chi connectivity index (χ3n) is 3.90. The highest BCUT2D eigenvalue weighted by molar-refractivity contribution is 7.92. The van der Waals surface area contributed by atoms with Crippen LogP contribution < -0.4 is 4.74 Å². The van der Waals surface area contributed by atoms with Gasteiger partial charge in [0.05, 0.1) is 29.2 Å². The fourth-order valence-electron chi connectivity index (χ4n) is 2.73. The van der Waals surface area contributed by atoms with Crippen LogP contribution in [-0.4, -0.2) is 20.8 Å². The fourth-order valence-corrected chi connectivity index (χ4v) is 4.70. The van der Waals surface area contributed by atoms with E-state index < -0.39 is 21.0 Å². The van der Waals surface area contributed by atoms with Crippen molar-refractivity contribution in [3.8, 4) is 11.8 Å². The summed E-state index contributed by atoms with van der Waals surface area (Å²) in [6.07, 6.45) is 4.07. The molecule has 5 heteroatoms. The minimum Gasteiger partial charge on any atom is -0.497 e. The van der Waals surface area contributed by atoms with Crippen LogP contribution >= 0.6 is 0 Å². The molecule has 2 atom stereocenters. The Morgan fingerprint density at radius 1 is 1.15 bits per heavy atom. The van der Waals surface area contributed by atoms with Crippen LogP contribution in [0.3, 0.4) is 0 Å². The Balaban J connectivity index is 2.33. The predicted molar refractivity (Wildman–Crippen MR) is 76.2 cm³/mol. The van der Waals surface area contributed by atoms with Crippen LogP contribution in [0.15, 0.2) is 29.2 Å². The van der Waals surface area contributed by atoms with Gasteiger partial charge in [-0.1, -0.05) is 19.3 Å². The lowest BCUT2D eigenvalue weighted by molar-refractivity contribution is 0.414. The molecule has 1 aliphatic rings. The molecular weight excluding hydrogens is 274 g/mol. The average Bonchev–Trinajstić information content (AvgIpc) is 2.73. The standard InChI is InChI=1S/C15H19NO3S/c1-19-13-7-9-14(10-8-13)20(17,18)15-6-4-2-3-5-12(15)11-16/h7-10,12,15H,2-6H2,1H3. The molecule has 0 bridgehead atoms. The van der Waals surface area contributed by atoms with Crippen molar-refractivity contribution in [1.82, 2.24) is 0 Å². The molecule has 1 fully saturated rings. The maximum absolute atomic E-state index is 12.7. The first kappa shape index (κ1) is 14.9. The van der Waals surface area contributed by atoms with Crippen molar-refractivity contribution in [2.24, 2.45) is 5.92 Å². The third-order valence-corrected chi connectivity index (χ3v) is 6.20. The molecule has 4 nitrogen and oxygen atoms in total. The van der Waals surface area contributed by atoms with E-state index in [1.165, 1.54) is 0 Å². The van der Waals surface area contributed by atoms with Crippen molar-refractivity contribution in [2.75, 3.05) is 7.11 Å². The topological polar surface area (TPSA) is 67.2 Å². The predicted octanol–water partition coefficient (Wildman–Crippen LogP) is 2.94. The quantitative estimate of drug-likeness (QED) is 0.804. The van der Waals surface area contributed by atoms with Crippen LogP contribution in [-0.2, 0) is 9.84 Å². The normalized spacial score (nSPS) is 23.6. The largest absolute Gasteiger partial charge is 0.497 e. The summed E-state index contributed by atoms with van der Waals surface area (Å²) in [5.41, 5.74) is 0. The van der Waals surface area contributed by atoms with E-state index in [0.29, 0.717) is 18.6 Å². The van der Waals surface area contributed by atoms with E-state index in [0.717, 1.165) is 19.3 Å². The molecule has 0 saturated heterocycles. The number of methoxy groups -OCH3 is 1. The highest BCUT2D eigenvalue weighted by Crippen LogP contribution is 2.32. The zero-order valence-electron chi connectivity index (χ0n) is 11.6. The summed E-state index contributed by atoms with van der Waals surface area (Å²) in [6, 6.07) is 8.60. The lowest BCUT2D eigenvalue weighted by atomic mass is 10.0. The van der Waals surface area contributed by atoms with Crippen molar-refractivity contribution in [3.05, 3.63) is 24.3 Å². The van der Waals surface area contributed by atoms with Crippen molar-refractivity contribution in [1.29, 1.82) is 5.26 Å². The minimum absolute atomic E-state index is 0.283. The van der Waals surface area contributed by atoms with E-state index >= 15 is 0 Å². The van der Waals surface area contributed by atoms with E-state index in [1.807, 2.05) is 0 Å². The Kier molecular flexibility index (Phi) is 4.66. The van der Waals surface area contributed by atoms with Gasteiger partial charge in [0.15, 0.2) is 9.84 Å². The summed E-state index contributed by atoms with van der Waals surface area (Å²) in [6.45, 7) is 0. The number of benzene rings is 1. The first-order valence-corrected chi connectivity index (χ1v) is 8.42. The Morgan fingerprint density at radius 2 is 1.80 bits per heavy atom. The van der Waals surface area contributed by atoms with Crippen molar-refractivity contribution >= 4 is 9.84 Å². The first-order valence-electron chi connectivity index (χ1n) is 6.87. The summed E-state index contributed by atoms with van der Waals surface area (Å²) >= 11 is 0. The third kappa shape index (κ3) is 2.96. The van der Waals surface area contributed by atoms with Crippen LogP contribution in [0.25, 0.3) is 0 Å². The molecule has 2 unspecified atom stereocenters. The second-order valence-electron chi connectivity index (χ2n) is 5.13. The zero-order valence-corrected chi connectivity index (χ0v) is 12.4. The van der Waals surface area contributed by atoms with Crippen LogP contribution in [0.2, 0.25) is 0 Å². The lowest BCUT2D eigenvalue weighted by Crippen LogP contribution is -2.28. The summed E-state index contributed by atoms with van der Waals surface area (Å²) < 4.78 is 30.5. The van der Waals surface area contributed by atoms with Gasteiger partial charge in [0.1, 0.15) is 5.75 Å². The molecule has 1 saturated carbocycles. The molecule has 20 heavy (non-hydrogen) atoms. The number of sulfone groups is 1. The van der Waals surface area contributed by atoms with Gasteiger partial charge in [-0.05, 0) is 37.1 Å². The number of hydrogen-bond donors (Lipinski definition) is 0. The first-order chi connectivity index (χ1) is 9.59. The lowest BCUT2D eigenvalue weighted by Gasteiger charge is -2.19. The number of ether oxygens (including phenoxy) is 1. The smallest absolute Gasteiger partial charge is 0.182 e. The molecule has 0 radical (unpaired) electrons. The van der Waals surface area contributed by atoms with Crippen LogP contribution in [0.1, 0.15) is 32.1 Å². The molecule has 0 amide bonds. The van der Waals surface area contributed by atoms with Gasteiger partial charge < -0.3 is 4.74 Å². The van der Waals surface area contributed by atoms with Gasteiger partial charge in [-0.15, -0.1) is 0 Å². The van der Waals surface area contributed by atoms with E-state index in [1.54, 1.807) is 31.4 Å². The maximum Gasteiger partial charge on any atom is 0.182 e.